The van der Waals surface area contributed by atoms with Crippen molar-refractivity contribution in [3.05, 3.63) is 53.9 Å². The molecule has 0 unspecified atom stereocenters. The molecule has 120 valence electrons. The van der Waals surface area contributed by atoms with Gasteiger partial charge in [0.05, 0.1) is 7.11 Å². The van der Waals surface area contributed by atoms with Gasteiger partial charge in [-0.15, -0.1) is 24.8 Å². The van der Waals surface area contributed by atoms with Crippen LogP contribution in [0, 0.1) is 6.92 Å². The van der Waals surface area contributed by atoms with E-state index < -0.39 is 6.04 Å². The molecular formula is C16H20Cl2N2O2. The molecule has 0 saturated heterocycles. The van der Waals surface area contributed by atoms with Gasteiger partial charge in [-0.2, -0.15) is 0 Å². The van der Waals surface area contributed by atoms with Crippen LogP contribution in [0.1, 0.15) is 11.3 Å². The Balaban J connectivity index is 0.00000220. The molecule has 0 radical (unpaired) electrons. The Kier molecular flexibility index (Phi) is 8.72. The van der Waals surface area contributed by atoms with Crippen molar-refractivity contribution in [3.63, 3.8) is 0 Å². The number of nitrogens with zero attached hydrogens (tertiary/aromatic N) is 1. The van der Waals surface area contributed by atoms with Crippen molar-refractivity contribution in [1.29, 1.82) is 0 Å². The molecular weight excluding hydrogens is 323 g/mol. The first-order valence-electron chi connectivity index (χ1n) is 6.45. The summed E-state index contributed by atoms with van der Waals surface area (Å²) < 4.78 is 4.62. The van der Waals surface area contributed by atoms with Gasteiger partial charge in [0, 0.05) is 11.9 Å². The minimum absolute atomic E-state index is 0. The van der Waals surface area contributed by atoms with E-state index in [1.54, 1.807) is 6.20 Å². The van der Waals surface area contributed by atoms with E-state index in [9.17, 15) is 4.79 Å². The summed E-state index contributed by atoms with van der Waals surface area (Å²) >= 11 is 0. The minimum atomic E-state index is -0.617. The molecule has 0 aliphatic heterocycles. The summed E-state index contributed by atoms with van der Waals surface area (Å²) in [5, 5.41) is 0. The summed E-state index contributed by atoms with van der Waals surface area (Å²) in [5.74, 6) is -0.390. The zero-order valence-corrected chi connectivity index (χ0v) is 14.1. The molecule has 0 fully saturated rings. The lowest BCUT2D eigenvalue weighted by molar-refractivity contribution is -0.142. The van der Waals surface area contributed by atoms with Gasteiger partial charge >= 0.3 is 5.97 Å². The van der Waals surface area contributed by atoms with Crippen molar-refractivity contribution in [2.45, 2.75) is 19.4 Å². The van der Waals surface area contributed by atoms with Gasteiger partial charge in [-0.05, 0) is 42.2 Å². The smallest absolute Gasteiger partial charge is 0.322 e. The van der Waals surface area contributed by atoms with E-state index in [0.717, 1.165) is 22.4 Å². The average Bonchev–Trinajstić information content (AvgIpc) is 2.47. The number of methoxy groups -OCH3 is 1. The molecule has 0 aliphatic carbocycles. The van der Waals surface area contributed by atoms with Crippen LogP contribution in [0.5, 0.6) is 0 Å². The third-order valence-corrected chi connectivity index (χ3v) is 3.14. The zero-order valence-electron chi connectivity index (χ0n) is 12.5. The van der Waals surface area contributed by atoms with Crippen LogP contribution in [0.25, 0.3) is 11.1 Å². The molecule has 2 aromatic rings. The number of carbonyl (C=O) groups is 1. The highest BCUT2D eigenvalue weighted by molar-refractivity contribution is 5.85. The number of rotatable bonds is 4. The van der Waals surface area contributed by atoms with Gasteiger partial charge in [-0.3, -0.25) is 9.78 Å². The second-order valence-electron chi connectivity index (χ2n) is 4.72. The standard InChI is InChI=1S/C16H18N2O2.2ClH/c1-11-9-14(7-8-18-11)13-5-3-12(4-6-13)10-15(17)16(19)20-2;;/h3-9,15H,10,17H2,1-2H3;2*1H/t15-;;/m0../s1. The molecule has 0 aliphatic rings. The maximum absolute atomic E-state index is 11.3. The van der Waals surface area contributed by atoms with Crippen molar-refractivity contribution < 1.29 is 9.53 Å². The van der Waals surface area contributed by atoms with E-state index in [1.165, 1.54) is 7.11 Å². The van der Waals surface area contributed by atoms with E-state index in [0.29, 0.717) is 6.42 Å². The summed E-state index contributed by atoms with van der Waals surface area (Å²) in [6.07, 6.45) is 2.27. The summed E-state index contributed by atoms with van der Waals surface area (Å²) in [5.41, 5.74) is 9.99. The van der Waals surface area contributed by atoms with E-state index in [-0.39, 0.29) is 30.8 Å². The Morgan fingerprint density at radius 1 is 1.18 bits per heavy atom. The fourth-order valence-corrected chi connectivity index (χ4v) is 2.05. The first-order valence-corrected chi connectivity index (χ1v) is 6.45. The SMILES string of the molecule is COC(=O)[C@@H](N)Cc1ccc(-c2ccnc(C)c2)cc1.Cl.Cl. The highest BCUT2D eigenvalue weighted by atomic mass is 35.5. The summed E-state index contributed by atoms with van der Waals surface area (Å²) in [6, 6.07) is 11.4. The molecule has 1 atom stereocenters. The third kappa shape index (κ3) is 5.30. The number of halogens is 2. The number of hydrogen-bond acceptors (Lipinski definition) is 4. The lowest BCUT2D eigenvalue weighted by Crippen LogP contribution is -2.33. The molecule has 1 heterocycles. The molecule has 2 N–H and O–H groups in total. The Bertz CT molecular complexity index is 603. The predicted molar refractivity (Wildman–Crippen MR) is 92.6 cm³/mol. The highest BCUT2D eigenvalue weighted by Crippen LogP contribution is 2.20. The van der Waals surface area contributed by atoms with Crippen molar-refractivity contribution in [3.8, 4) is 11.1 Å². The lowest BCUT2D eigenvalue weighted by atomic mass is 10.0. The Morgan fingerprint density at radius 3 is 2.36 bits per heavy atom. The molecule has 0 amide bonds. The van der Waals surface area contributed by atoms with Crippen LogP contribution < -0.4 is 5.73 Å². The van der Waals surface area contributed by atoms with Gasteiger partial charge in [0.15, 0.2) is 0 Å². The number of pyridine rings is 1. The van der Waals surface area contributed by atoms with Crippen molar-refractivity contribution in [1.82, 2.24) is 4.98 Å². The van der Waals surface area contributed by atoms with Crippen LogP contribution in [-0.4, -0.2) is 24.1 Å². The summed E-state index contributed by atoms with van der Waals surface area (Å²) in [4.78, 5) is 15.5. The Labute approximate surface area is 142 Å². The topological polar surface area (TPSA) is 65.2 Å². The number of nitrogens with two attached hydrogens (primary N) is 1. The molecule has 2 rings (SSSR count). The van der Waals surface area contributed by atoms with Gasteiger partial charge in [-0.1, -0.05) is 24.3 Å². The second kappa shape index (κ2) is 9.41. The number of esters is 1. The van der Waals surface area contributed by atoms with Crippen LogP contribution in [0.15, 0.2) is 42.6 Å². The molecule has 22 heavy (non-hydrogen) atoms. The number of aryl methyl sites for hydroxylation is 1. The minimum Gasteiger partial charge on any atom is -0.468 e. The first kappa shape index (κ1) is 20.4. The largest absolute Gasteiger partial charge is 0.468 e. The van der Waals surface area contributed by atoms with Crippen molar-refractivity contribution in [2.24, 2.45) is 5.73 Å². The van der Waals surface area contributed by atoms with Gasteiger partial charge < -0.3 is 10.5 Å². The average molecular weight is 343 g/mol. The van der Waals surface area contributed by atoms with Crippen LogP contribution in [0.3, 0.4) is 0 Å². The van der Waals surface area contributed by atoms with Crippen LogP contribution in [-0.2, 0) is 16.0 Å². The Morgan fingerprint density at radius 2 is 1.82 bits per heavy atom. The number of benzene rings is 1. The maximum atomic E-state index is 11.3. The van der Waals surface area contributed by atoms with Gasteiger partial charge in [0.2, 0.25) is 0 Å². The quantitative estimate of drug-likeness (QED) is 0.867. The number of ether oxygens (including phenoxy) is 1. The molecule has 0 saturated carbocycles. The predicted octanol–water partition coefficient (Wildman–Crippen LogP) is 2.94. The van der Waals surface area contributed by atoms with Crippen molar-refractivity contribution in [2.75, 3.05) is 7.11 Å². The molecule has 4 nitrogen and oxygen atoms in total. The molecule has 0 spiro atoms. The number of carbonyl (C=O) groups excluding carboxylic acids is 1. The third-order valence-electron chi connectivity index (χ3n) is 3.14. The Hall–Kier alpha value is -1.62. The monoisotopic (exact) mass is 342 g/mol. The lowest BCUT2D eigenvalue weighted by Gasteiger charge is -2.10. The normalized spacial score (nSPS) is 10.9. The van der Waals surface area contributed by atoms with Gasteiger partial charge in [0.1, 0.15) is 6.04 Å². The number of aromatic nitrogens is 1. The van der Waals surface area contributed by atoms with Gasteiger partial charge in [0.25, 0.3) is 0 Å². The second-order valence-corrected chi connectivity index (χ2v) is 4.72. The summed E-state index contributed by atoms with van der Waals surface area (Å²) in [6.45, 7) is 1.97. The first-order chi connectivity index (χ1) is 9.60. The van der Waals surface area contributed by atoms with E-state index in [2.05, 4.69) is 9.72 Å². The molecule has 1 aromatic heterocycles. The summed E-state index contributed by atoms with van der Waals surface area (Å²) in [7, 11) is 1.34. The van der Waals surface area contributed by atoms with Gasteiger partial charge in [-0.25, -0.2) is 0 Å². The fourth-order valence-electron chi connectivity index (χ4n) is 2.05. The van der Waals surface area contributed by atoms with Crippen LogP contribution >= 0.6 is 24.8 Å². The van der Waals surface area contributed by atoms with E-state index in [4.69, 9.17) is 5.73 Å². The maximum Gasteiger partial charge on any atom is 0.322 e. The van der Waals surface area contributed by atoms with Crippen LogP contribution in [0.4, 0.5) is 0 Å². The zero-order chi connectivity index (χ0) is 14.5. The highest BCUT2D eigenvalue weighted by Gasteiger charge is 2.14. The van der Waals surface area contributed by atoms with E-state index >= 15 is 0 Å². The number of hydrogen-bond donors (Lipinski definition) is 1. The van der Waals surface area contributed by atoms with E-state index in [1.807, 2.05) is 43.3 Å². The fraction of sp³-hybridized carbons (Fsp3) is 0.250. The molecule has 0 bridgehead atoms. The molecule has 1 aromatic carbocycles. The van der Waals surface area contributed by atoms with Crippen LogP contribution in [0.2, 0.25) is 0 Å². The molecule has 6 heteroatoms. The van der Waals surface area contributed by atoms with Crippen molar-refractivity contribution >= 4 is 30.8 Å².